The molecule has 102 valence electrons. The van der Waals surface area contributed by atoms with Gasteiger partial charge in [-0.1, -0.05) is 39.5 Å². The van der Waals surface area contributed by atoms with Crippen molar-refractivity contribution in [3.63, 3.8) is 0 Å². The molecule has 0 aliphatic heterocycles. The highest BCUT2D eigenvalue weighted by Crippen LogP contribution is 2.40. The fourth-order valence-corrected chi connectivity index (χ4v) is 3.68. The average molecular weight is 314 g/mol. The molecule has 1 N–H and O–H groups in total. The molecule has 0 radical (unpaired) electrons. The van der Waals surface area contributed by atoms with E-state index in [-0.39, 0.29) is 0 Å². The molecule has 0 saturated heterocycles. The number of rotatable bonds is 5. The zero-order valence-electron chi connectivity index (χ0n) is 11.4. The molecule has 0 bridgehead atoms. The van der Waals surface area contributed by atoms with Gasteiger partial charge in [0.05, 0.1) is 6.04 Å². The molecule has 2 nitrogen and oxygen atoms in total. The topological polar surface area (TPSA) is 25.2 Å². The third-order valence-electron chi connectivity index (χ3n) is 4.24. The Balaban J connectivity index is 2.17. The van der Waals surface area contributed by atoms with Crippen LogP contribution in [-0.2, 0) is 0 Å². The first-order valence-electron chi connectivity index (χ1n) is 7.24. The summed E-state index contributed by atoms with van der Waals surface area (Å²) in [5, 5.41) is 3.63. The van der Waals surface area contributed by atoms with Crippen LogP contribution in [-0.4, -0.2) is 6.54 Å². The lowest BCUT2D eigenvalue weighted by atomic mass is 9.73. The molecule has 1 aliphatic rings. The van der Waals surface area contributed by atoms with Gasteiger partial charge in [0.25, 0.3) is 0 Å². The van der Waals surface area contributed by atoms with E-state index in [0.717, 1.165) is 28.8 Å². The zero-order valence-corrected chi connectivity index (χ0v) is 13.0. The highest BCUT2D eigenvalue weighted by atomic mass is 79.9. The van der Waals surface area contributed by atoms with Gasteiger partial charge in [0.1, 0.15) is 5.76 Å². The summed E-state index contributed by atoms with van der Waals surface area (Å²) in [5.41, 5.74) is 0. The van der Waals surface area contributed by atoms with Gasteiger partial charge < -0.3 is 9.73 Å². The zero-order chi connectivity index (χ0) is 13.0. The van der Waals surface area contributed by atoms with Gasteiger partial charge in [0.2, 0.25) is 0 Å². The van der Waals surface area contributed by atoms with Crippen molar-refractivity contribution in [1.82, 2.24) is 5.32 Å². The molecule has 1 aliphatic carbocycles. The monoisotopic (exact) mass is 313 g/mol. The Hall–Kier alpha value is -0.280. The molecule has 0 spiro atoms. The first kappa shape index (κ1) is 14.1. The minimum Gasteiger partial charge on any atom is -0.453 e. The first-order chi connectivity index (χ1) is 8.76. The van der Waals surface area contributed by atoms with Crippen molar-refractivity contribution in [2.45, 2.75) is 52.0 Å². The summed E-state index contributed by atoms with van der Waals surface area (Å²) in [6, 6.07) is 4.49. The van der Waals surface area contributed by atoms with E-state index in [1.165, 1.54) is 32.1 Å². The minimum atomic E-state index is 0.381. The van der Waals surface area contributed by atoms with E-state index in [0.29, 0.717) is 6.04 Å². The molecule has 1 fully saturated rings. The van der Waals surface area contributed by atoms with Crippen LogP contribution in [0, 0.1) is 11.8 Å². The summed E-state index contributed by atoms with van der Waals surface area (Å²) in [4.78, 5) is 0. The summed E-state index contributed by atoms with van der Waals surface area (Å²) in [7, 11) is 0. The van der Waals surface area contributed by atoms with Crippen molar-refractivity contribution in [3.8, 4) is 0 Å². The Kier molecular flexibility index (Phi) is 5.31. The second-order valence-electron chi connectivity index (χ2n) is 5.29. The molecule has 0 amide bonds. The Bertz CT molecular complexity index is 363. The van der Waals surface area contributed by atoms with Crippen LogP contribution in [0.2, 0.25) is 0 Å². The lowest BCUT2D eigenvalue weighted by Gasteiger charge is -2.36. The van der Waals surface area contributed by atoms with Gasteiger partial charge >= 0.3 is 0 Å². The second-order valence-corrected chi connectivity index (χ2v) is 6.08. The predicted molar refractivity (Wildman–Crippen MR) is 78.6 cm³/mol. The van der Waals surface area contributed by atoms with Crippen LogP contribution >= 0.6 is 15.9 Å². The van der Waals surface area contributed by atoms with E-state index >= 15 is 0 Å². The molecular formula is C15H24BrNO. The normalized spacial score (nSPS) is 26.2. The molecule has 3 atom stereocenters. The highest BCUT2D eigenvalue weighted by Gasteiger charge is 2.32. The predicted octanol–water partition coefficient (Wildman–Crippen LogP) is 4.91. The lowest BCUT2D eigenvalue weighted by Crippen LogP contribution is -2.34. The van der Waals surface area contributed by atoms with Crippen LogP contribution in [0.15, 0.2) is 21.2 Å². The van der Waals surface area contributed by atoms with Crippen molar-refractivity contribution < 1.29 is 4.42 Å². The summed E-state index contributed by atoms with van der Waals surface area (Å²) in [6.45, 7) is 5.49. The smallest absolute Gasteiger partial charge is 0.169 e. The molecule has 18 heavy (non-hydrogen) atoms. The lowest BCUT2D eigenvalue weighted by molar-refractivity contribution is 0.161. The molecule has 3 unspecified atom stereocenters. The Morgan fingerprint density at radius 2 is 2.11 bits per heavy atom. The quantitative estimate of drug-likeness (QED) is 0.835. The van der Waals surface area contributed by atoms with Gasteiger partial charge in [0.15, 0.2) is 4.67 Å². The molecular weight excluding hydrogens is 290 g/mol. The van der Waals surface area contributed by atoms with E-state index in [4.69, 9.17) is 4.42 Å². The summed E-state index contributed by atoms with van der Waals surface area (Å²) in [5.74, 6) is 2.66. The van der Waals surface area contributed by atoms with Gasteiger partial charge in [-0.15, -0.1) is 0 Å². The number of hydrogen-bond donors (Lipinski definition) is 1. The minimum absolute atomic E-state index is 0.381. The van der Waals surface area contributed by atoms with Crippen LogP contribution < -0.4 is 5.32 Å². The summed E-state index contributed by atoms with van der Waals surface area (Å²) in [6.07, 6.45) is 6.76. The van der Waals surface area contributed by atoms with Crippen molar-refractivity contribution in [3.05, 3.63) is 22.6 Å². The molecule has 1 aromatic rings. The van der Waals surface area contributed by atoms with Crippen molar-refractivity contribution in [1.29, 1.82) is 0 Å². The SMILES string of the molecule is CCNC(c1ccc(Br)o1)C1CCCCC1CC. The average Bonchev–Trinajstić information content (AvgIpc) is 2.82. The standard InChI is InChI=1S/C15H24BrNO/c1-3-11-7-5-6-8-12(11)15(17-4-2)13-9-10-14(16)18-13/h9-12,15,17H,3-8H2,1-2H3. The van der Waals surface area contributed by atoms with Crippen molar-refractivity contribution >= 4 is 15.9 Å². The van der Waals surface area contributed by atoms with Gasteiger partial charge in [0, 0.05) is 0 Å². The third kappa shape index (κ3) is 3.18. The summed E-state index contributed by atoms with van der Waals surface area (Å²) < 4.78 is 6.64. The summed E-state index contributed by atoms with van der Waals surface area (Å²) >= 11 is 3.41. The molecule has 2 rings (SSSR count). The van der Waals surface area contributed by atoms with Gasteiger partial charge in [-0.05, 0) is 52.9 Å². The molecule has 3 heteroatoms. The number of hydrogen-bond acceptors (Lipinski definition) is 2. The van der Waals surface area contributed by atoms with E-state index < -0.39 is 0 Å². The maximum absolute atomic E-state index is 5.80. The third-order valence-corrected chi connectivity index (χ3v) is 4.67. The maximum atomic E-state index is 5.80. The van der Waals surface area contributed by atoms with Crippen molar-refractivity contribution in [2.24, 2.45) is 11.8 Å². The Labute approximate surface area is 119 Å². The van der Waals surface area contributed by atoms with Gasteiger partial charge in [-0.2, -0.15) is 0 Å². The van der Waals surface area contributed by atoms with Crippen LogP contribution in [0.25, 0.3) is 0 Å². The second kappa shape index (κ2) is 6.76. The van der Waals surface area contributed by atoms with Gasteiger partial charge in [-0.25, -0.2) is 0 Å². The first-order valence-corrected chi connectivity index (χ1v) is 8.04. The van der Waals surface area contributed by atoms with E-state index in [2.05, 4.69) is 41.2 Å². The Morgan fingerprint density at radius 1 is 1.33 bits per heavy atom. The molecule has 1 heterocycles. The maximum Gasteiger partial charge on any atom is 0.169 e. The van der Waals surface area contributed by atoms with E-state index in [9.17, 15) is 0 Å². The van der Waals surface area contributed by atoms with Crippen LogP contribution in [0.3, 0.4) is 0 Å². The highest BCUT2D eigenvalue weighted by molar-refractivity contribution is 9.10. The van der Waals surface area contributed by atoms with Crippen molar-refractivity contribution in [2.75, 3.05) is 6.54 Å². The van der Waals surface area contributed by atoms with Gasteiger partial charge in [-0.3, -0.25) is 0 Å². The van der Waals surface area contributed by atoms with Crippen LogP contribution in [0.5, 0.6) is 0 Å². The Morgan fingerprint density at radius 3 is 2.72 bits per heavy atom. The number of furan rings is 1. The molecule has 1 saturated carbocycles. The van der Waals surface area contributed by atoms with Crippen LogP contribution in [0.4, 0.5) is 0 Å². The van der Waals surface area contributed by atoms with E-state index in [1.54, 1.807) is 0 Å². The fourth-order valence-electron chi connectivity index (χ4n) is 3.36. The van der Waals surface area contributed by atoms with Crippen LogP contribution in [0.1, 0.15) is 57.8 Å². The number of halogens is 1. The number of nitrogens with one attached hydrogen (secondary N) is 1. The fraction of sp³-hybridized carbons (Fsp3) is 0.733. The molecule has 0 aromatic carbocycles. The molecule has 1 aromatic heterocycles. The largest absolute Gasteiger partial charge is 0.453 e. The van der Waals surface area contributed by atoms with E-state index in [1.807, 2.05) is 6.07 Å².